The summed E-state index contributed by atoms with van der Waals surface area (Å²) in [6.07, 6.45) is 10.5. The number of amides is 2. The molecular weight excluding hydrogens is 310 g/mol. The van der Waals surface area contributed by atoms with Crippen LogP contribution in [-0.4, -0.2) is 11.8 Å². The molecule has 0 spiro atoms. The summed E-state index contributed by atoms with van der Waals surface area (Å²) in [5.41, 5.74) is 4.72. The van der Waals surface area contributed by atoms with Crippen LogP contribution in [0.1, 0.15) is 37.7 Å². The highest BCUT2D eigenvalue weighted by atomic mass is 16.2. The molecule has 4 atom stereocenters. The number of rotatable bonds is 1. The maximum absolute atomic E-state index is 13.2. The first kappa shape index (κ1) is 15.1. The van der Waals surface area contributed by atoms with Crippen LogP contribution in [-0.2, 0) is 9.59 Å². The number of anilines is 1. The number of para-hydroxylation sites is 1. The Morgan fingerprint density at radius 3 is 2.08 bits per heavy atom. The van der Waals surface area contributed by atoms with Gasteiger partial charge in [-0.15, -0.1) is 0 Å². The summed E-state index contributed by atoms with van der Waals surface area (Å²) in [7, 11) is 0. The average Bonchev–Trinajstić information content (AvgIpc) is 3.27. The number of fused-ring (bicyclic) bond motifs is 5. The summed E-state index contributed by atoms with van der Waals surface area (Å²) in [6, 6.07) is 7.70. The number of hydrogen-bond acceptors (Lipinski definition) is 2. The van der Waals surface area contributed by atoms with Gasteiger partial charge in [-0.1, -0.05) is 47.9 Å². The van der Waals surface area contributed by atoms with Crippen molar-refractivity contribution in [1.29, 1.82) is 0 Å². The Kier molecular flexibility index (Phi) is 3.28. The van der Waals surface area contributed by atoms with Gasteiger partial charge in [-0.2, -0.15) is 0 Å². The lowest BCUT2D eigenvalue weighted by Crippen LogP contribution is -2.33. The van der Waals surface area contributed by atoms with E-state index < -0.39 is 0 Å². The van der Waals surface area contributed by atoms with Gasteiger partial charge in [-0.25, -0.2) is 4.90 Å². The molecular formula is C22H23NO2. The molecule has 25 heavy (non-hydrogen) atoms. The van der Waals surface area contributed by atoms with E-state index in [-0.39, 0.29) is 35.5 Å². The fraction of sp³-hybridized carbons (Fsp3) is 0.455. The highest BCUT2D eigenvalue weighted by Gasteiger charge is 2.62. The predicted molar refractivity (Wildman–Crippen MR) is 96.9 cm³/mol. The van der Waals surface area contributed by atoms with Crippen LogP contribution >= 0.6 is 0 Å². The molecule has 0 unspecified atom stereocenters. The third-order valence-electron chi connectivity index (χ3n) is 6.64. The maximum Gasteiger partial charge on any atom is 0.238 e. The van der Waals surface area contributed by atoms with Crippen molar-refractivity contribution in [1.82, 2.24) is 0 Å². The van der Waals surface area contributed by atoms with Crippen molar-refractivity contribution < 1.29 is 9.59 Å². The molecule has 3 heteroatoms. The molecule has 1 saturated heterocycles. The fourth-order valence-corrected chi connectivity index (χ4v) is 5.55. The van der Waals surface area contributed by atoms with E-state index in [1.165, 1.54) is 29.7 Å². The van der Waals surface area contributed by atoms with Crippen LogP contribution in [0.15, 0.2) is 47.6 Å². The lowest BCUT2D eigenvalue weighted by Gasteiger charge is -2.23. The molecule has 0 aromatic heterocycles. The van der Waals surface area contributed by atoms with Gasteiger partial charge >= 0.3 is 0 Å². The number of imide groups is 1. The standard InChI is InChI=1S/C22H23NO2/c1-13-7-5-6-10-17(13)23-21(24)19-15-11-12-16(20(19)22(23)25)18(15)14-8-3-2-4-9-14/h5-7,10-12,15-16,19-20H,2-4,8-9H2,1H3/t15-,16+,19+,20-. The van der Waals surface area contributed by atoms with E-state index in [1.54, 1.807) is 5.57 Å². The van der Waals surface area contributed by atoms with Gasteiger partial charge in [0, 0.05) is 11.8 Å². The Balaban J connectivity index is 1.55. The van der Waals surface area contributed by atoms with E-state index in [4.69, 9.17) is 0 Å². The van der Waals surface area contributed by atoms with E-state index in [2.05, 4.69) is 12.2 Å². The monoisotopic (exact) mass is 333 g/mol. The van der Waals surface area contributed by atoms with Crippen molar-refractivity contribution in [2.45, 2.75) is 39.0 Å². The third-order valence-corrected chi connectivity index (χ3v) is 6.64. The average molecular weight is 333 g/mol. The molecule has 0 radical (unpaired) electrons. The fourth-order valence-electron chi connectivity index (χ4n) is 5.55. The normalized spacial score (nSPS) is 33.6. The first-order valence-electron chi connectivity index (χ1n) is 9.52. The molecule has 1 heterocycles. The van der Waals surface area contributed by atoms with Crippen LogP contribution in [0.5, 0.6) is 0 Å². The first-order chi connectivity index (χ1) is 12.2. The number of benzene rings is 1. The second-order valence-corrected chi connectivity index (χ2v) is 7.91. The van der Waals surface area contributed by atoms with Crippen LogP contribution < -0.4 is 4.90 Å². The Hall–Kier alpha value is -2.16. The highest BCUT2D eigenvalue weighted by Crippen LogP contribution is 2.58. The minimum absolute atomic E-state index is 0.00931. The molecule has 1 aromatic rings. The zero-order valence-corrected chi connectivity index (χ0v) is 14.6. The van der Waals surface area contributed by atoms with E-state index in [9.17, 15) is 9.59 Å². The predicted octanol–water partition coefficient (Wildman–Crippen LogP) is 4.18. The molecule has 2 amide bonds. The van der Waals surface area contributed by atoms with Gasteiger partial charge in [0.2, 0.25) is 11.8 Å². The molecule has 128 valence electrons. The Labute approximate surface area is 148 Å². The van der Waals surface area contributed by atoms with Gasteiger partial charge in [-0.3, -0.25) is 9.59 Å². The van der Waals surface area contributed by atoms with Crippen LogP contribution in [0.4, 0.5) is 5.69 Å². The number of hydrogen-bond donors (Lipinski definition) is 0. The summed E-state index contributed by atoms with van der Waals surface area (Å²) in [5.74, 6) is -0.00896. The van der Waals surface area contributed by atoms with Gasteiger partial charge < -0.3 is 0 Å². The molecule has 1 aromatic carbocycles. The first-order valence-corrected chi connectivity index (χ1v) is 9.52. The van der Waals surface area contributed by atoms with Gasteiger partial charge in [0.1, 0.15) is 0 Å². The zero-order chi connectivity index (χ0) is 17.1. The van der Waals surface area contributed by atoms with Crippen molar-refractivity contribution >= 4 is 17.5 Å². The van der Waals surface area contributed by atoms with Crippen molar-refractivity contribution in [2.75, 3.05) is 4.90 Å². The second-order valence-electron chi connectivity index (χ2n) is 7.91. The lowest BCUT2D eigenvalue weighted by molar-refractivity contribution is -0.122. The minimum atomic E-state index is -0.175. The molecule has 2 saturated carbocycles. The topological polar surface area (TPSA) is 37.4 Å². The summed E-state index contributed by atoms with van der Waals surface area (Å²) < 4.78 is 0. The maximum atomic E-state index is 13.2. The molecule has 1 aliphatic heterocycles. The Bertz CT molecular complexity index is 792. The molecule has 0 N–H and O–H groups in total. The van der Waals surface area contributed by atoms with Gasteiger partial charge in [0.25, 0.3) is 0 Å². The van der Waals surface area contributed by atoms with Crippen molar-refractivity contribution in [3.8, 4) is 0 Å². The molecule has 5 rings (SSSR count). The number of carbonyl (C=O) groups excluding carboxylic acids is 2. The zero-order valence-electron chi connectivity index (χ0n) is 14.6. The molecule has 3 fully saturated rings. The number of aryl methyl sites for hydroxylation is 1. The highest BCUT2D eigenvalue weighted by molar-refractivity contribution is 6.23. The largest absolute Gasteiger partial charge is 0.274 e. The summed E-state index contributed by atoms with van der Waals surface area (Å²) >= 11 is 0. The van der Waals surface area contributed by atoms with E-state index >= 15 is 0 Å². The van der Waals surface area contributed by atoms with E-state index in [1.807, 2.05) is 31.2 Å². The summed E-state index contributed by atoms with van der Waals surface area (Å²) in [6.45, 7) is 1.96. The number of allylic oxidation sites excluding steroid dienone is 4. The van der Waals surface area contributed by atoms with E-state index in [0.29, 0.717) is 0 Å². The Morgan fingerprint density at radius 1 is 0.880 bits per heavy atom. The molecule has 2 bridgehead atoms. The SMILES string of the molecule is Cc1ccccc1N1C(=O)[C@@H]2[C@H](C1=O)[C@H]1C=C[C@@H]2C1=C1CCCCC1. The van der Waals surface area contributed by atoms with Gasteiger partial charge in [0.15, 0.2) is 0 Å². The third kappa shape index (κ3) is 1.98. The van der Waals surface area contributed by atoms with Crippen molar-refractivity contribution in [2.24, 2.45) is 23.7 Å². The Morgan fingerprint density at radius 2 is 1.48 bits per heavy atom. The van der Waals surface area contributed by atoms with Crippen LogP contribution in [0.3, 0.4) is 0 Å². The molecule has 3 aliphatic carbocycles. The number of carbonyl (C=O) groups is 2. The van der Waals surface area contributed by atoms with Gasteiger partial charge in [-0.05, 0) is 44.2 Å². The van der Waals surface area contributed by atoms with E-state index in [0.717, 1.165) is 24.1 Å². The van der Waals surface area contributed by atoms with Crippen molar-refractivity contribution in [3.63, 3.8) is 0 Å². The smallest absolute Gasteiger partial charge is 0.238 e. The van der Waals surface area contributed by atoms with Crippen LogP contribution in [0.25, 0.3) is 0 Å². The number of nitrogens with zero attached hydrogens (tertiary/aromatic N) is 1. The minimum Gasteiger partial charge on any atom is -0.274 e. The van der Waals surface area contributed by atoms with Gasteiger partial charge in [0.05, 0.1) is 17.5 Å². The lowest BCUT2D eigenvalue weighted by atomic mass is 9.85. The quantitative estimate of drug-likeness (QED) is 0.571. The summed E-state index contributed by atoms with van der Waals surface area (Å²) in [4.78, 5) is 27.9. The summed E-state index contributed by atoms with van der Waals surface area (Å²) in [5, 5.41) is 0. The van der Waals surface area contributed by atoms with Crippen LogP contribution in [0.2, 0.25) is 0 Å². The molecule has 4 aliphatic rings. The molecule has 3 nitrogen and oxygen atoms in total. The van der Waals surface area contributed by atoms with Crippen molar-refractivity contribution in [3.05, 3.63) is 53.1 Å². The van der Waals surface area contributed by atoms with Crippen LogP contribution in [0, 0.1) is 30.6 Å². The second kappa shape index (κ2) is 5.42.